The van der Waals surface area contributed by atoms with E-state index in [0.717, 1.165) is 5.69 Å². The summed E-state index contributed by atoms with van der Waals surface area (Å²) in [5.41, 5.74) is 26.5. The Labute approximate surface area is 448 Å². The van der Waals surface area contributed by atoms with E-state index in [-0.39, 0.29) is 23.0 Å². The zero-order valence-electron chi connectivity index (χ0n) is 45.9. The van der Waals surface area contributed by atoms with E-state index < -0.39 is 0 Å². The molecule has 370 valence electrons. The van der Waals surface area contributed by atoms with Gasteiger partial charge >= 0.3 is 0 Å². The number of hydrogen-bond donors (Lipinski definition) is 0. The first-order chi connectivity index (χ1) is 35.8. The van der Waals surface area contributed by atoms with E-state index in [1.807, 2.05) is 11.3 Å². The molecule has 0 amide bonds. The second-order valence-electron chi connectivity index (χ2n) is 24.9. The predicted octanol–water partition coefficient (Wildman–Crippen LogP) is 18.0. The molecule has 2 aromatic heterocycles. The van der Waals surface area contributed by atoms with Gasteiger partial charge in [-0.2, -0.15) is 0 Å². The Bertz CT molecular complexity index is 4140. The lowest BCUT2D eigenvalue weighted by Crippen LogP contribution is -2.61. The van der Waals surface area contributed by atoms with Gasteiger partial charge in [-0.1, -0.05) is 159 Å². The minimum atomic E-state index is -0.152. The molecule has 0 atom stereocenters. The number of rotatable bonds is 4. The number of aryl methyl sites for hydroxylation is 4. The summed E-state index contributed by atoms with van der Waals surface area (Å²) < 4.78 is 5.19. The molecule has 0 radical (unpaired) electrons. The number of nitrogens with zero attached hydrogens (tertiary/aromatic N) is 3. The smallest absolute Gasteiger partial charge is 0.252 e. The van der Waals surface area contributed by atoms with Gasteiger partial charge in [-0.25, -0.2) is 0 Å². The van der Waals surface area contributed by atoms with Gasteiger partial charge in [0, 0.05) is 59.4 Å². The van der Waals surface area contributed by atoms with Gasteiger partial charge in [0.15, 0.2) is 0 Å². The van der Waals surface area contributed by atoms with Crippen molar-refractivity contribution in [1.29, 1.82) is 0 Å². The van der Waals surface area contributed by atoms with Crippen LogP contribution in [0.3, 0.4) is 0 Å². The van der Waals surface area contributed by atoms with Crippen molar-refractivity contribution in [2.45, 2.75) is 106 Å². The van der Waals surface area contributed by atoms with Crippen molar-refractivity contribution in [2.75, 3.05) is 9.80 Å². The number of benzene rings is 9. The third kappa shape index (κ3) is 7.28. The fraction of sp³-hybridized carbons (Fsp3) is 0.229. The zero-order chi connectivity index (χ0) is 52.2. The second kappa shape index (κ2) is 16.6. The Hall–Kier alpha value is -7.34. The van der Waals surface area contributed by atoms with Crippen LogP contribution in [0.2, 0.25) is 0 Å². The van der Waals surface area contributed by atoms with Crippen LogP contribution in [0.5, 0.6) is 0 Å². The molecular formula is C70H66BN3S. The highest BCUT2D eigenvalue weighted by molar-refractivity contribution is 7.26. The summed E-state index contributed by atoms with van der Waals surface area (Å²) >= 11 is 1.91. The van der Waals surface area contributed by atoms with E-state index in [1.54, 1.807) is 0 Å². The second-order valence-corrected chi connectivity index (χ2v) is 25.9. The van der Waals surface area contributed by atoms with Gasteiger partial charge in [0.2, 0.25) is 0 Å². The molecule has 75 heavy (non-hydrogen) atoms. The molecule has 0 aliphatic carbocycles. The highest BCUT2D eigenvalue weighted by Crippen LogP contribution is 2.51. The number of hydrogen-bond acceptors (Lipinski definition) is 3. The fourth-order valence-electron chi connectivity index (χ4n) is 12.8. The SMILES string of the molecule is Cc1cccc(C)c1N1c2ccc(C(C)(C)C)cc2B2c3cc4c5cc(C(C)(C)C)ccc5n(-c5ccccc5)c4cc3N(c3c(C)cc(-c4cccc5c4sc4ccccc45)cc3C)c3cc(C(C)(C)C)cc1c32. The molecule has 0 bridgehead atoms. The van der Waals surface area contributed by atoms with E-state index in [2.05, 4.69) is 268 Å². The molecule has 2 aliphatic rings. The average molecular weight is 992 g/mol. The van der Waals surface area contributed by atoms with Crippen LogP contribution in [0.15, 0.2) is 164 Å². The summed E-state index contributed by atoms with van der Waals surface area (Å²) in [5, 5.41) is 5.21. The molecule has 0 fully saturated rings. The van der Waals surface area contributed by atoms with Crippen molar-refractivity contribution in [2.24, 2.45) is 0 Å². The molecule has 0 N–H and O–H groups in total. The maximum Gasteiger partial charge on any atom is 0.252 e. The van der Waals surface area contributed by atoms with Crippen LogP contribution in [0.1, 0.15) is 101 Å². The highest BCUT2D eigenvalue weighted by Gasteiger charge is 2.46. The van der Waals surface area contributed by atoms with Gasteiger partial charge in [0.25, 0.3) is 6.71 Å². The summed E-state index contributed by atoms with van der Waals surface area (Å²) in [6.07, 6.45) is 0. The van der Waals surface area contributed by atoms with Crippen molar-refractivity contribution in [1.82, 2.24) is 4.57 Å². The molecule has 0 saturated heterocycles. The first-order valence-electron chi connectivity index (χ1n) is 27.0. The molecule has 4 heterocycles. The number of anilines is 6. The summed E-state index contributed by atoms with van der Waals surface area (Å²) in [5.74, 6) is 0. The largest absolute Gasteiger partial charge is 0.311 e. The molecule has 0 unspecified atom stereocenters. The predicted molar refractivity (Wildman–Crippen MR) is 328 cm³/mol. The molecule has 9 aromatic carbocycles. The van der Waals surface area contributed by atoms with E-state index in [0.29, 0.717) is 0 Å². The van der Waals surface area contributed by atoms with Gasteiger partial charge in [-0.15, -0.1) is 11.3 Å². The normalized spacial score (nSPS) is 13.6. The summed E-state index contributed by atoms with van der Waals surface area (Å²) in [4.78, 5) is 5.34. The maximum absolute atomic E-state index is 2.70. The molecule has 0 saturated carbocycles. The van der Waals surface area contributed by atoms with Crippen LogP contribution in [-0.4, -0.2) is 11.3 Å². The van der Waals surface area contributed by atoms with E-state index in [9.17, 15) is 0 Å². The molecular weight excluding hydrogens is 926 g/mol. The summed E-state index contributed by atoms with van der Waals surface area (Å²) in [6.45, 7) is 30.4. The number of aromatic nitrogens is 1. The zero-order valence-corrected chi connectivity index (χ0v) is 46.7. The van der Waals surface area contributed by atoms with E-state index in [4.69, 9.17) is 0 Å². The number of fused-ring (bicyclic) bond motifs is 10. The van der Waals surface area contributed by atoms with Gasteiger partial charge in [-0.05, 0) is 177 Å². The average Bonchev–Trinajstić information content (AvgIpc) is 3.91. The van der Waals surface area contributed by atoms with Crippen LogP contribution >= 0.6 is 11.3 Å². The van der Waals surface area contributed by atoms with Crippen LogP contribution < -0.4 is 26.2 Å². The third-order valence-corrected chi connectivity index (χ3v) is 17.9. The Kier molecular flexibility index (Phi) is 10.5. The van der Waals surface area contributed by atoms with Crippen molar-refractivity contribution >= 4 is 111 Å². The van der Waals surface area contributed by atoms with Crippen LogP contribution in [0.4, 0.5) is 34.1 Å². The standard InChI is InChI=1S/C70H66BN3S/c1-41-21-19-22-42(2)65(41)73-58-32-30-47(69(8,9)10)36-55(58)71-56-39-54-53-35-46(68(5,6)7)29-31-57(53)72(49-23-15-14-16-24-49)59(54)40-60(56)74(62-38-48(70(11,12)13)37-61(73)64(62)71)66-43(3)33-45(34-44(66)4)50-26-20-27-52-51-25-17-18-28-63(51)75-67(50)52/h14-40H,1-13H3. The molecule has 5 heteroatoms. The summed E-state index contributed by atoms with van der Waals surface area (Å²) in [6, 6.07) is 63.4. The number of thiophene rings is 1. The topological polar surface area (TPSA) is 11.4 Å². The van der Waals surface area contributed by atoms with Crippen molar-refractivity contribution < 1.29 is 0 Å². The highest BCUT2D eigenvalue weighted by atomic mass is 32.1. The van der Waals surface area contributed by atoms with Crippen LogP contribution in [0.25, 0.3) is 58.8 Å². The fourth-order valence-corrected chi connectivity index (χ4v) is 14.1. The Morgan fingerprint density at radius 1 is 0.400 bits per heavy atom. The molecule has 11 aromatic rings. The number of para-hydroxylation sites is 2. The Morgan fingerprint density at radius 2 is 0.960 bits per heavy atom. The molecule has 13 rings (SSSR count). The van der Waals surface area contributed by atoms with Crippen molar-refractivity contribution in [3.05, 3.63) is 203 Å². The quantitative estimate of drug-likeness (QED) is 0.163. The van der Waals surface area contributed by atoms with Crippen LogP contribution in [0, 0.1) is 27.7 Å². The van der Waals surface area contributed by atoms with Gasteiger partial charge in [-0.3, -0.25) is 0 Å². The van der Waals surface area contributed by atoms with E-state index >= 15 is 0 Å². The minimum absolute atomic E-state index is 0.0223. The lowest BCUT2D eigenvalue weighted by molar-refractivity contribution is 0.590. The van der Waals surface area contributed by atoms with E-state index in [1.165, 1.54) is 143 Å². The van der Waals surface area contributed by atoms with Gasteiger partial charge < -0.3 is 14.4 Å². The van der Waals surface area contributed by atoms with Crippen molar-refractivity contribution in [3.63, 3.8) is 0 Å². The Morgan fingerprint density at radius 3 is 1.64 bits per heavy atom. The summed E-state index contributed by atoms with van der Waals surface area (Å²) in [7, 11) is 0. The third-order valence-electron chi connectivity index (χ3n) is 16.7. The maximum atomic E-state index is 2.70. The first-order valence-corrected chi connectivity index (χ1v) is 27.8. The lowest BCUT2D eigenvalue weighted by Gasteiger charge is -2.46. The van der Waals surface area contributed by atoms with Gasteiger partial charge in [0.05, 0.1) is 22.4 Å². The Balaban J connectivity index is 1.18. The molecule has 0 spiro atoms. The monoisotopic (exact) mass is 992 g/mol. The lowest BCUT2D eigenvalue weighted by atomic mass is 9.33. The first kappa shape index (κ1) is 47.4. The van der Waals surface area contributed by atoms with Gasteiger partial charge in [0.1, 0.15) is 0 Å². The van der Waals surface area contributed by atoms with Crippen LogP contribution in [-0.2, 0) is 16.2 Å². The van der Waals surface area contributed by atoms with Crippen molar-refractivity contribution in [3.8, 4) is 16.8 Å². The molecule has 3 nitrogen and oxygen atoms in total. The molecule has 2 aliphatic heterocycles. The minimum Gasteiger partial charge on any atom is -0.311 e.